The van der Waals surface area contributed by atoms with E-state index in [1.54, 1.807) is 6.92 Å². The zero-order valence-electron chi connectivity index (χ0n) is 17.7. The van der Waals surface area contributed by atoms with E-state index in [1.165, 1.54) is 42.1 Å². The van der Waals surface area contributed by atoms with Crippen LogP contribution < -0.4 is 14.8 Å². The van der Waals surface area contributed by atoms with Crippen LogP contribution in [0.2, 0.25) is 0 Å². The Hall–Kier alpha value is -3.26. The van der Waals surface area contributed by atoms with Gasteiger partial charge in [-0.25, -0.2) is 13.4 Å². The van der Waals surface area contributed by atoms with E-state index in [1.807, 2.05) is 0 Å². The van der Waals surface area contributed by atoms with Crippen molar-refractivity contribution in [2.45, 2.75) is 23.2 Å². The number of aromatic amines is 1. The highest BCUT2D eigenvalue weighted by Crippen LogP contribution is 2.31. The van der Waals surface area contributed by atoms with Crippen LogP contribution in [0, 0.1) is 6.92 Å². The molecule has 3 rings (SSSR count). The molecule has 9 nitrogen and oxygen atoms in total. The predicted octanol–water partition coefficient (Wildman–Crippen LogP) is 3.22. The third-order valence-corrected chi connectivity index (χ3v) is 6.42. The fourth-order valence-corrected chi connectivity index (χ4v) is 4.36. The lowest BCUT2D eigenvalue weighted by molar-refractivity contribution is -0.137. The molecule has 1 amide bonds. The first-order valence-corrected chi connectivity index (χ1v) is 12.2. The first-order valence-electron chi connectivity index (χ1n) is 9.74. The minimum atomic E-state index is -4.60. The Morgan fingerprint density at radius 3 is 2.56 bits per heavy atom. The summed E-state index contributed by atoms with van der Waals surface area (Å²) in [5.41, 5.74) is -1.19. The van der Waals surface area contributed by atoms with Crippen LogP contribution in [0.4, 0.5) is 18.9 Å². The summed E-state index contributed by atoms with van der Waals surface area (Å²) in [6.07, 6.45) is -4.60. The Morgan fingerprint density at radius 1 is 1.18 bits per heavy atom. The van der Waals surface area contributed by atoms with E-state index in [-0.39, 0.29) is 28.8 Å². The van der Waals surface area contributed by atoms with E-state index in [4.69, 9.17) is 4.74 Å². The van der Waals surface area contributed by atoms with Crippen molar-refractivity contribution in [3.05, 3.63) is 59.9 Å². The molecule has 3 N–H and O–H groups in total. The van der Waals surface area contributed by atoms with Crippen LogP contribution in [0.3, 0.4) is 0 Å². The Bertz CT molecular complexity index is 1230. The molecule has 0 saturated heterocycles. The molecular formula is C20H20F3N5O4S2. The highest BCUT2D eigenvalue weighted by molar-refractivity contribution is 7.99. The molecular weight excluding hydrogens is 495 g/mol. The zero-order valence-corrected chi connectivity index (χ0v) is 19.4. The lowest BCUT2D eigenvalue weighted by Crippen LogP contribution is -2.30. The van der Waals surface area contributed by atoms with Crippen LogP contribution in [-0.2, 0) is 21.0 Å². The smallest absolute Gasteiger partial charge is 0.416 e. The van der Waals surface area contributed by atoms with E-state index in [0.717, 1.165) is 12.1 Å². The standard InChI is InChI=1S/C20H20F3N5O4S2/c1-13-25-19(27-26-13)33-10-9-24-18(29)12-32-16-5-7-17(8-6-16)34(30,31)28-15-4-2-3-14(11-15)20(21,22)23/h2-8,11,28H,9-10,12H2,1H3,(H,24,29)(H,25,26,27). The third kappa shape index (κ3) is 7.38. The molecule has 1 heterocycles. The second-order valence-electron chi connectivity index (χ2n) is 6.85. The van der Waals surface area contributed by atoms with Crippen LogP contribution in [0.1, 0.15) is 11.4 Å². The van der Waals surface area contributed by atoms with E-state index >= 15 is 0 Å². The molecule has 0 unspecified atom stereocenters. The van der Waals surface area contributed by atoms with Gasteiger partial charge in [0, 0.05) is 18.0 Å². The average Bonchev–Trinajstić information content (AvgIpc) is 3.20. The molecule has 0 atom stereocenters. The Morgan fingerprint density at radius 2 is 1.91 bits per heavy atom. The first kappa shape index (κ1) is 25.4. The maximum absolute atomic E-state index is 12.8. The van der Waals surface area contributed by atoms with Gasteiger partial charge in [0.25, 0.3) is 15.9 Å². The number of hydrogen-bond acceptors (Lipinski definition) is 7. The number of aryl methyl sites for hydroxylation is 1. The van der Waals surface area contributed by atoms with Crippen molar-refractivity contribution < 1.29 is 31.1 Å². The summed E-state index contributed by atoms with van der Waals surface area (Å²) in [4.78, 5) is 15.8. The van der Waals surface area contributed by atoms with Gasteiger partial charge in [-0.3, -0.25) is 14.6 Å². The Kier molecular flexibility index (Phi) is 8.04. The van der Waals surface area contributed by atoms with Crippen molar-refractivity contribution in [2.24, 2.45) is 0 Å². The van der Waals surface area contributed by atoms with Crippen molar-refractivity contribution in [3.8, 4) is 5.75 Å². The molecule has 3 aromatic rings. The Labute approximate surface area is 197 Å². The number of alkyl halides is 3. The number of hydrogen-bond donors (Lipinski definition) is 3. The predicted molar refractivity (Wildman–Crippen MR) is 119 cm³/mol. The molecule has 1 aromatic heterocycles. The number of aromatic nitrogens is 3. The quantitative estimate of drug-likeness (QED) is 0.280. The van der Waals surface area contributed by atoms with E-state index in [0.29, 0.717) is 29.3 Å². The van der Waals surface area contributed by atoms with E-state index < -0.39 is 21.8 Å². The van der Waals surface area contributed by atoms with Crippen LogP contribution in [-0.4, -0.2) is 48.4 Å². The summed E-state index contributed by atoms with van der Waals surface area (Å²) in [5, 5.41) is 9.94. The molecule has 14 heteroatoms. The number of rotatable bonds is 10. The summed E-state index contributed by atoms with van der Waals surface area (Å²) in [6, 6.07) is 9.00. The number of halogens is 3. The Balaban J connectivity index is 1.47. The third-order valence-electron chi connectivity index (χ3n) is 4.18. The van der Waals surface area contributed by atoms with Crippen molar-refractivity contribution in [2.75, 3.05) is 23.6 Å². The van der Waals surface area contributed by atoms with E-state index in [9.17, 15) is 26.4 Å². The zero-order chi connectivity index (χ0) is 24.8. The first-order chi connectivity index (χ1) is 16.0. The summed E-state index contributed by atoms with van der Waals surface area (Å²) in [7, 11) is -4.13. The molecule has 0 spiro atoms. The highest BCUT2D eigenvalue weighted by Gasteiger charge is 2.30. The molecule has 0 aliphatic rings. The van der Waals surface area contributed by atoms with Gasteiger partial charge in [-0.1, -0.05) is 17.8 Å². The van der Waals surface area contributed by atoms with Gasteiger partial charge in [-0.05, 0) is 49.4 Å². The molecule has 34 heavy (non-hydrogen) atoms. The summed E-state index contributed by atoms with van der Waals surface area (Å²) >= 11 is 1.38. The number of nitrogens with one attached hydrogen (secondary N) is 3. The molecule has 0 aliphatic heterocycles. The van der Waals surface area contributed by atoms with Crippen molar-refractivity contribution in [1.82, 2.24) is 20.5 Å². The number of sulfonamides is 1. The molecule has 0 fully saturated rings. The number of carbonyl (C=O) groups is 1. The highest BCUT2D eigenvalue weighted by atomic mass is 32.2. The number of carbonyl (C=O) groups excluding carboxylic acids is 1. The number of ether oxygens (including phenoxy) is 1. The minimum absolute atomic E-state index is 0.180. The second-order valence-corrected chi connectivity index (χ2v) is 9.59. The fraction of sp³-hybridized carbons (Fsp3) is 0.250. The number of amides is 1. The molecule has 0 saturated carbocycles. The van der Waals surface area contributed by atoms with Gasteiger partial charge in [-0.2, -0.15) is 13.2 Å². The van der Waals surface area contributed by atoms with Gasteiger partial charge in [0.15, 0.2) is 6.61 Å². The average molecular weight is 516 g/mol. The van der Waals surface area contributed by atoms with Crippen molar-refractivity contribution in [1.29, 1.82) is 0 Å². The van der Waals surface area contributed by atoms with Gasteiger partial charge in [0.2, 0.25) is 5.16 Å². The van der Waals surface area contributed by atoms with Crippen LogP contribution in [0.25, 0.3) is 0 Å². The van der Waals surface area contributed by atoms with E-state index in [2.05, 4.69) is 25.2 Å². The van der Waals surface area contributed by atoms with Crippen molar-refractivity contribution >= 4 is 33.4 Å². The monoisotopic (exact) mass is 515 g/mol. The molecule has 0 aliphatic carbocycles. The summed E-state index contributed by atoms with van der Waals surface area (Å²) in [5.74, 6) is 1.15. The van der Waals surface area contributed by atoms with Gasteiger partial charge in [0.05, 0.1) is 10.5 Å². The second kappa shape index (κ2) is 10.8. The number of H-pyrrole nitrogens is 1. The molecule has 182 valence electrons. The fourth-order valence-electron chi connectivity index (χ4n) is 2.61. The molecule has 0 radical (unpaired) electrons. The van der Waals surface area contributed by atoms with Crippen molar-refractivity contribution in [3.63, 3.8) is 0 Å². The molecule has 0 bridgehead atoms. The number of thioether (sulfide) groups is 1. The lowest BCUT2D eigenvalue weighted by Gasteiger charge is -2.12. The number of benzene rings is 2. The minimum Gasteiger partial charge on any atom is -0.484 e. The SMILES string of the molecule is Cc1nc(SCCNC(=O)COc2ccc(S(=O)(=O)Nc3cccc(C(F)(F)F)c3)cc2)n[nH]1. The topological polar surface area (TPSA) is 126 Å². The van der Waals surface area contributed by atoms with Gasteiger partial charge < -0.3 is 10.1 Å². The maximum atomic E-state index is 12.8. The normalized spacial score (nSPS) is 11.8. The van der Waals surface area contributed by atoms with Crippen LogP contribution in [0.15, 0.2) is 58.6 Å². The number of nitrogens with zero attached hydrogens (tertiary/aromatic N) is 2. The van der Waals surface area contributed by atoms with Gasteiger partial charge in [0.1, 0.15) is 11.6 Å². The van der Waals surface area contributed by atoms with Crippen LogP contribution in [0.5, 0.6) is 5.75 Å². The molecule has 2 aromatic carbocycles. The van der Waals surface area contributed by atoms with Crippen LogP contribution >= 0.6 is 11.8 Å². The maximum Gasteiger partial charge on any atom is 0.416 e. The summed E-state index contributed by atoms with van der Waals surface area (Å²) in [6.45, 7) is 1.88. The largest absolute Gasteiger partial charge is 0.484 e. The van der Waals surface area contributed by atoms with Gasteiger partial charge >= 0.3 is 6.18 Å². The number of anilines is 1. The summed E-state index contributed by atoms with van der Waals surface area (Å²) < 4.78 is 70.9. The lowest BCUT2D eigenvalue weighted by atomic mass is 10.2. The van der Waals surface area contributed by atoms with Gasteiger partial charge in [-0.15, -0.1) is 5.10 Å².